The molecule has 0 amide bonds. The minimum absolute atomic E-state index is 0.277. The second-order valence-electron chi connectivity index (χ2n) is 5.28. The molecule has 0 saturated carbocycles. The van der Waals surface area contributed by atoms with Crippen LogP contribution in [-0.2, 0) is 4.79 Å². The quantitative estimate of drug-likeness (QED) is 0.789. The number of carboxylic acids is 1. The summed E-state index contributed by atoms with van der Waals surface area (Å²) in [5.41, 5.74) is 0. The summed E-state index contributed by atoms with van der Waals surface area (Å²) in [6.07, 6.45) is 5.42. The number of hydrogen-bond donors (Lipinski definition) is 1. The molecule has 0 aromatic rings. The number of fused-ring (bicyclic) bond motifs is 1. The molecule has 2 aliphatic heterocycles. The molecule has 0 aliphatic carbocycles. The van der Waals surface area contributed by atoms with Crippen LogP contribution in [0.3, 0.4) is 0 Å². The van der Waals surface area contributed by atoms with Crippen LogP contribution in [0.5, 0.6) is 0 Å². The highest BCUT2D eigenvalue weighted by Gasteiger charge is 2.33. The molecule has 2 rings (SSSR count). The highest BCUT2D eigenvalue weighted by Crippen LogP contribution is 2.29. The van der Waals surface area contributed by atoms with E-state index in [0.29, 0.717) is 12.6 Å². The summed E-state index contributed by atoms with van der Waals surface area (Å²) in [6.45, 7) is 6.31. The fourth-order valence-electron chi connectivity index (χ4n) is 3.37. The van der Waals surface area contributed by atoms with E-state index in [1.165, 1.54) is 38.8 Å². The number of carboxylic acid groups (broad SMARTS) is 1. The standard InChI is InChI=1S/C13H24N2O2/c1-2-14(9-6-13(16)17)12-5-8-15-7-3-4-11(15)10-12/h11-12H,2-10H2,1H3,(H,16,17). The third kappa shape index (κ3) is 3.19. The van der Waals surface area contributed by atoms with Gasteiger partial charge in [0.25, 0.3) is 0 Å². The summed E-state index contributed by atoms with van der Waals surface area (Å²) in [5.74, 6) is -0.679. The maximum Gasteiger partial charge on any atom is 0.304 e. The number of nitrogens with zero attached hydrogens (tertiary/aromatic N) is 2. The molecule has 4 heteroatoms. The van der Waals surface area contributed by atoms with Crippen LogP contribution in [0.4, 0.5) is 0 Å². The molecule has 17 heavy (non-hydrogen) atoms. The summed E-state index contributed by atoms with van der Waals surface area (Å²) in [6, 6.07) is 1.38. The Morgan fingerprint density at radius 2 is 2.24 bits per heavy atom. The topological polar surface area (TPSA) is 43.8 Å². The van der Waals surface area contributed by atoms with Gasteiger partial charge in [-0.25, -0.2) is 0 Å². The zero-order valence-electron chi connectivity index (χ0n) is 10.8. The molecule has 2 atom stereocenters. The fourth-order valence-corrected chi connectivity index (χ4v) is 3.37. The van der Waals surface area contributed by atoms with E-state index in [-0.39, 0.29) is 6.42 Å². The van der Waals surface area contributed by atoms with Gasteiger partial charge in [0.2, 0.25) is 0 Å². The Balaban J connectivity index is 1.84. The van der Waals surface area contributed by atoms with Crippen LogP contribution < -0.4 is 0 Å². The predicted molar refractivity (Wildman–Crippen MR) is 67.1 cm³/mol. The number of piperidine rings is 1. The van der Waals surface area contributed by atoms with E-state index in [1.54, 1.807) is 0 Å². The molecular weight excluding hydrogens is 216 g/mol. The van der Waals surface area contributed by atoms with E-state index in [4.69, 9.17) is 5.11 Å². The van der Waals surface area contributed by atoms with Crippen LogP contribution in [0.1, 0.15) is 39.0 Å². The van der Waals surface area contributed by atoms with Gasteiger partial charge in [0, 0.05) is 18.6 Å². The van der Waals surface area contributed by atoms with Crippen LogP contribution in [0.2, 0.25) is 0 Å². The SMILES string of the molecule is CCN(CCC(=O)O)C1CCN2CCCC2C1. The third-order valence-electron chi connectivity index (χ3n) is 4.33. The van der Waals surface area contributed by atoms with Crippen LogP contribution in [-0.4, -0.2) is 59.1 Å². The lowest BCUT2D eigenvalue weighted by Gasteiger charge is -2.40. The first-order valence-electron chi connectivity index (χ1n) is 6.90. The second kappa shape index (κ2) is 5.83. The van der Waals surface area contributed by atoms with Crippen LogP contribution in [0.25, 0.3) is 0 Å². The number of aliphatic carboxylic acids is 1. The maximum atomic E-state index is 10.7. The van der Waals surface area contributed by atoms with E-state index >= 15 is 0 Å². The van der Waals surface area contributed by atoms with Crippen LogP contribution in [0, 0.1) is 0 Å². The van der Waals surface area contributed by atoms with Gasteiger partial charge in [-0.3, -0.25) is 9.69 Å². The van der Waals surface area contributed by atoms with Crippen molar-refractivity contribution in [3.63, 3.8) is 0 Å². The normalized spacial score (nSPS) is 29.5. The van der Waals surface area contributed by atoms with Crippen molar-refractivity contribution in [1.29, 1.82) is 0 Å². The summed E-state index contributed by atoms with van der Waals surface area (Å²) >= 11 is 0. The Bertz CT molecular complexity index is 270. The highest BCUT2D eigenvalue weighted by molar-refractivity contribution is 5.66. The van der Waals surface area contributed by atoms with Crippen molar-refractivity contribution in [2.75, 3.05) is 26.2 Å². The van der Waals surface area contributed by atoms with Gasteiger partial charge in [-0.15, -0.1) is 0 Å². The van der Waals surface area contributed by atoms with Crippen LogP contribution >= 0.6 is 0 Å². The number of rotatable bonds is 5. The molecule has 0 aromatic carbocycles. The molecule has 0 radical (unpaired) electrons. The number of carbonyl (C=O) groups is 1. The van der Waals surface area contributed by atoms with Crippen LogP contribution in [0.15, 0.2) is 0 Å². The maximum absolute atomic E-state index is 10.7. The zero-order chi connectivity index (χ0) is 12.3. The highest BCUT2D eigenvalue weighted by atomic mass is 16.4. The first-order valence-corrected chi connectivity index (χ1v) is 6.90. The van der Waals surface area contributed by atoms with Crippen molar-refractivity contribution in [3.8, 4) is 0 Å². The second-order valence-corrected chi connectivity index (χ2v) is 5.28. The minimum Gasteiger partial charge on any atom is -0.481 e. The van der Waals surface area contributed by atoms with Gasteiger partial charge in [0.15, 0.2) is 0 Å². The minimum atomic E-state index is -0.679. The number of hydrogen-bond acceptors (Lipinski definition) is 3. The Labute approximate surface area is 104 Å². The van der Waals surface area contributed by atoms with Gasteiger partial charge in [-0.05, 0) is 45.3 Å². The van der Waals surface area contributed by atoms with E-state index in [1.807, 2.05) is 0 Å². The van der Waals surface area contributed by atoms with Crippen molar-refractivity contribution in [1.82, 2.24) is 9.80 Å². The molecule has 2 aliphatic rings. The van der Waals surface area contributed by atoms with Crippen molar-refractivity contribution < 1.29 is 9.90 Å². The van der Waals surface area contributed by atoms with Crippen molar-refractivity contribution >= 4 is 5.97 Å². The molecule has 0 bridgehead atoms. The molecule has 2 unspecified atom stereocenters. The van der Waals surface area contributed by atoms with E-state index < -0.39 is 5.97 Å². The Morgan fingerprint density at radius 3 is 2.94 bits per heavy atom. The predicted octanol–water partition coefficient (Wildman–Crippen LogP) is 1.41. The lowest BCUT2D eigenvalue weighted by atomic mass is 9.96. The summed E-state index contributed by atoms with van der Waals surface area (Å²) < 4.78 is 0. The summed E-state index contributed by atoms with van der Waals surface area (Å²) in [4.78, 5) is 15.6. The molecule has 2 fully saturated rings. The zero-order valence-corrected chi connectivity index (χ0v) is 10.8. The van der Waals surface area contributed by atoms with Crippen molar-refractivity contribution in [2.45, 2.75) is 51.1 Å². The Kier molecular flexibility index (Phi) is 4.40. The molecule has 4 nitrogen and oxygen atoms in total. The first-order chi connectivity index (χ1) is 8.20. The molecule has 0 aromatic heterocycles. The summed E-state index contributed by atoms with van der Waals surface area (Å²) in [5, 5.41) is 8.77. The van der Waals surface area contributed by atoms with E-state index in [0.717, 1.165) is 12.6 Å². The largest absolute Gasteiger partial charge is 0.481 e. The van der Waals surface area contributed by atoms with Gasteiger partial charge in [0.05, 0.1) is 6.42 Å². The van der Waals surface area contributed by atoms with Gasteiger partial charge < -0.3 is 10.0 Å². The average molecular weight is 240 g/mol. The molecule has 1 N–H and O–H groups in total. The fraction of sp³-hybridized carbons (Fsp3) is 0.923. The molecule has 0 spiro atoms. The molecule has 98 valence electrons. The third-order valence-corrected chi connectivity index (χ3v) is 4.33. The molecule has 2 saturated heterocycles. The molecule has 2 heterocycles. The van der Waals surface area contributed by atoms with Gasteiger partial charge >= 0.3 is 5.97 Å². The Morgan fingerprint density at radius 1 is 1.41 bits per heavy atom. The Hall–Kier alpha value is -0.610. The van der Waals surface area contributed by atoms with E-state index in [9.17, 15) is 4.79 Å². The first kappa shape index (κ1) is 12.8. The molecular formula is C13H24N2O2. The lowest BCUT2D eigenvalue weighted by Crippen LogP contribution is -2.48. The average Bonchev–Trinajstić information content (AvgIpc) is 2.76. The van der Waals surface area contributed by atoms with Crippen molar-refractivity contribution in [2.24, 2.45) is 0 Å². The summed E-state index contributed by atoms with van der Waals surface area (Å²) in [7, 11) is 0. The smallest absolute Gasteiger partial charge is 0.304 e. The van der Waals surface area contributed by atoms with Gasteiger partial charge in [0.1, 0.15) is 0 Å². The van der Waals surface area contributed by atoms with Gasteiger partial charge in [-0.2, -0.15) is 0 Å². The van der Waals surface area contributed by atoms with Crippen molar-refractivity contribution in [3.05, 3.63) is 0 Å². The van der Waals surface area contributed by atoms with Gasteiger partial charge in [-0.1, -0.05) is 6.92 Å². The lowest BCUT2D eigenvalue weighted by molar-refractivity contribution is -0.137. The van der Waals surface area contributed by atoms with E-state index in [2.05, 4.69) is 16.7 Å². The monoisotopic (exact) mass is 240 g/mol.